The van der Waals surface area contributed by atoms with E-state index in [1.807, 2.05) is 18.2 Å². The van der Waals surface area contributed by atoms with E-state index in [2.05, 4.69) is 40.1 Å². The highest BCUT2D eigenvalue weighted by atomic mass is 127. The van der Waals surface area contributed by atoms with Crippen molar-refractivity contribution in [2.75, 3.05) is 0 Å². The van der Waals surface area contributed by atoms with Gasteiger partial charge in [0.2, 0.25) is 0 Å². The Kier molecular flexibility index (Phi) is 4.10. The van der Waals surface area contributed by atoms with Gasteiger partial charge >= 0.3 is 0 Å². The molecule has 0 aliphatic rings. The fourth-order valence-corrected chi connectivity index (χ4v) is 3.92. The summed E-state index contributed by atoms with van der Waals surface area (Å²) in [4.78, 5) is 12.5. The number of benzene rings is 2. The van der Waals surface area contributed by atoms with Crippen molar-refractivity contribution in [1.82, 2.24) is 0 Å². The SMILES string of the molecule is O=C(Cc1csc2ccccc12)c1cc(Cl)ccc1I. The first kappa shape index (κ1) is 14.0. The topological polar surface area (TPSA) is 17.1 Å². The molecule has 1 aromatic heterocycles. The van der Waals surface area contributed by atoms with E-state index in [-0.39, 0.29) is 5.78 Å². The van der Waals surface area contributed by atoms with Gasteiger partial charge in [-0.15, -0.1) is 11.3 Å². The van der Waals surface area contributed by atoms with Crippen LogP contribution in [0.5, 0.6) is 0 Å². The van der Waals surface area contributed by atoms with Crippen LogP contribution in [0.3, 0.4) is 0 Å². The molecule has 0 fully saturated rings. The third-order valence-electron chi connectivity index (χ3n) is 3.14. The van der Waals surface area contributed by atoms with E-state index >= 15 is 0 Å². The van der Waals surface area contributed by atoms with Gasteiger partial charge in [0.1, 0.15) is 0 Å². The molecule has 0 radical (unpaired) electrons. The van der Waals surface area contributed by atoms with Gasteiger partial charge in [-0.05, 0) is 63.2 Å². The van der Waals surface area contributed by atoms with Crippen LogP contribution < -0.4 is 0 Å². The number of ketones is 1. The lowest BCUT2D eigenvalue weighted by Crippen LogP contribution is -2.05. The predicted molar refractivity (Wildman–Crippen MR) is 94.0 cm³/mol. The summed E-state index contributed by atoms with van der Waals surface area (Å²) in [6, 6.07) is 13.6. The van der Waals surface area contributed by atoms with Crippen LogP contribution in [0.2, 0.25) is 5.02 Å². The zero-order valence-corrected chi connectivity index (χ0v) is 14.1. The number of Topliss-reactive ketones (excluding diaryl/α,β-unsaturated/α-hetero) is 1. The second-order valence-corrected chi connectivity index (χ2v) is 6.99. The number of carbonyl (C=O) groups excluding carboxylic acids is 1. The molecule has 3 rings (SSSR count). The smallest absolute Gasteiger partial charge is 0.168 e. The molecule has 4 heteroatoms. The van der Waals surface area contributed by atoms with Crippen LogP contribution in [-0.4, -0.2) is 5.78 Å². The van der Waals surface area contributed by atoms with Crippen molar-refractivity contribution in [1.29, 1.82) is 0 Å². The van der Waals surface area contributed by atoms with Crippen LogP contribution in [0.1, 0.15) is 15.9 Å². The lowest BCUT2D eigenvalue weighted by Gasteiger charge is -2.04. The summed E-state index contributed by atoms with van der Waals surface area (Å²) in [5, 5.41) is 3.84. The number of halogens is 2. The number of fused-ring (bicyclic) bond motifs is 1. The Bertz CT molecular complexity index is 794. The molecule has 0 saturated carbocycles. The molecule has 1 nitrogen and oxygen atoms in total. The van der Waals surface area contributed by atoms with Crippen LogP contribution in [0.15, 0.2) is 47.8 Å². The van der Waals surface area contributed by atoms with Crippen LogP contribution in [0, 0.1) is 3.57 Å². The predicted octanol–water partition coefficient (Wildman–Crippen LogP) is 5.58. The molecular formula is C16H10ClIOS. The zero-order valence-electron chi connectivity index (χ0n) is 10.4. The third kappa shape index (κ3) is 2.75. The summed E-state index contributed by atoms with van der Waals surface area (Å²) in [7, 11) is 0. The second kappa shape index (κ2) is 5.84. The van der Waals surface area contributed by atoms with E-state index in [0.29, 0.717) is 17.0 Å². The van der Waals surface area contributed by atoms with Crippen molar-refractivity contribution in [3.8, 4) is 0 Å². The van der Waals surface area contributed by atoms with Gasteiger partial charge in [0, 0.05) is 25.3 Å². The Balaban J connectivity index is 1.94. The molecule has 100 valence electrons. The lowest BCUT2D eigenvalue weighted by molar-refractivity contribution is 0.0992. The van der Waals surface area contributed by atoms with E-state index in [1.54, 1.807) is 23.5 Å². The molecule has 2 aromatic carbocycles. The van der Waals surface area contributed by atoms with Crippen LogP contribution in [0.4, 0.5) is 0 Å². The summed E-state index contributed by atoms with van der Waals surface area (Å²) in [5.74, 6) is 0.112. The average molecular weight is 413 g/mol. The third-order valence-corrected chi connectivity index (χ3v) is 5.33. The van der Waals surface area contributed by atoms with Crippen molar-refractivity contribution in [3.63, 3.8) is 0 Å². The quantitative estimate of drug-likeness (QED) is 0.405. The van der Waals surface area contributed by atoms with Gasteiger partial charge in [0.15, 0.2) is 5.78 Å². The highest BCUT2D eigenvalue weighted by Crippen LogP contribution is 2.27. The van der Waals surface area contributed by atoms with Crippen LogP contribution in [-0.2, 0) is 6.42 Å². The molecule has 0 amide bonds. The minimum absolute atomic E-state index is 0.112. The first-order valence-electron chi connectivity index (χ1n) is 6.08. The summed E-state index contributed by atoms with van der Waals surface area (Å²) < 4.78 is 2.16. The van der Waals surface area contributed by atoms with Gasteiger partial charge in [0.25, 0.3) is 0 Å². The van der Waals surface area contributed by atoms with E-state index < -0.39 is 0 Å². The van der Waals surface area contributed by atoms with Gasteiger partial charge in [0.05, 0.1) is 0 Å². The molecule has 3 aromatic rings. The number of rotatable bonds is 3. The highest BCUT2D eigenvalue weighted by molar-refractivity contribution is 14.1. The van der Waals surface area contributed by atoms with Crippen molar-refractivity contribution in [3.05, 3.63) is 67.6 Å². The Morgan fingerprint density at radius 3 is 2.85 bits per heavy atom. The molecular weight excluding hydrogens is 403 g/mol. The first-order chi connectivity index (χ1) is 9.65. The number of carbonyl (C=O) groups is 1. The Hall–Kier alpha value is -0.910. The monoisotopic (exact) mass is 412 g/mol. The molecule has 0 aliphatic carbocycles. The minimum Gasteiger partial charge on any atom is -0.294 e. The van der Waals surface area contributed by atoms with Crippen molar-refractivity contribution in [2.24, 2.45) is 0 Å². The minimum atomic E-state index is 0.112. The number of hydrogen-bond donors (Lipinski definition) is 0. The summed E-state index contributed by atoms with van der Waals surface area (Å²) >= 11 is 9.84. The second-order valence-electron chi connectivity index (χ2n) is 4.48. The highest BCUT2D eigenvalue weighted by Gasteiger charge is 2.14. The molecule has 0 bridgehead atoms. The summed E-state index contributed by atoms with van der Waals surface area (Å²) in [6.45, 7) is 0. The Morgan fingerprint density at radius 1 is 1.20 bits per heavy atom. The van der Waals surface area contributed by atoms with Gasteiger partial charge < -0.3 is 0 Å². The molecule has 0 unspecified atom stereocenters. The van der Waals surface area contributed by atoms with Crippen molar-refractivity contribution >= 4 is 61.4 Å². The van der Waals surface area contributed by atoms with E-state index in [4.69, 9.17) is 11.6 Å². The number of hydrogen-bond acceptors (Lipinski definition) is 2. The van der Waals surface area contributed by atoms with E-state index in [0.717, 1.165) is 9.13 Å². The Labute approximate surface area is 139 Å². The maximum absolute atomic E-state index is 12.5. The summed E-state index contributed by atoms with van der Waals surface area (Å²) in [6.07, 6.45) is 0.417. The molecule has 0 atom stereocenters. The maximum Gasteiger partial charge on any atom is 0.168 e. The maximum atomic E-state index is 12.5. The summed E-state index contributed by atoms with van der Waals surface area (Å²) in [5.41, 5.74) is 1.79. The van der Waals surface area contributed by atoms with Gasteiger partial charge in [-0.2, -0.15) is 0 Å². The normalized spacial score (nSPS) is 10.9. The standard InChI is InChI=1S/C16H10ClIOS/c17-11-5-6-14(18)13(8-11)15(19)7-10-9-20-16-4-2-1-3-12(10)16/h1-6,8-9H,7H2. The molecule has 20 heavy (non-hydrogen) atoms. The average Bonchev–Trinajstić information content (AvgIpc) is 2.85. The molecule has 1 heterocycles. The van der Waals surface area contributed by atoms with Crippen molar-refractivity contribution < 1.29 is 4.79 Å². The first-order valence-corrected chi connectivity index (χ1v) is 8.42. The molecule has 0 spiro atoms. The van der Waals surface area contributed by atoms with Gasteiger partial charge in [-0.25, -0.2) is 0 Å². The largest absolute Gasteiger partial charge is 0.294 e. The Morgan fingerprint density at radius 2 is 2.00 bits per heavy atom. The zero-order chi connectivity index (χ0) is 14.1. The van der Waals surface area contributed by atoms with Crippen molar-refractivity contribution in [2.45, 2.75) is 6.42 Å². The molecule has 0 N–H and O–H groups in total. The van der Waals surface area contributed by atoms with Gasteiger partial charge in [-0.3, -0.25) is 4.79 Å². The fraction of sp³-hybridized carbons (Fsp3) is 0.0625. The van der Waals surface area contributed by atoms with E-state index in [9.17, 15) is 4.79 Å². The lowest BCUT2D eigenvalue weighted by atomic mass is 10.0. The fourth-order valence-electron chi connectivity index (χ4n) is 2.15. The van der Waals surface area contributed by atoms with E-state index in [1.165, 1.54) is 10.1 Å². The van der Waals surface area contributed by atoms with Crippen LogP contribution >= 0.6 is 45.5 Å². The molecule has 0 saturated heterocycles. The molecule has 0 aliphatic heterocycles. The van der Waals surface area contributed by atoms with Gasteiger partial charge in [-0.1, -0.05) is 29.8 Å². The van der Waals surface area contributed by atoms with Crippen LogP contribution in [0.25, 0.3) is 10.1 Å². The number of thiophene rings is 1.